The Bertz CT molecular complexity index is 1170. The van der Waals surface area contributed by atoms with Crippen LogP contribution in [0.25, 0.3) is 16.6 Å². The smallest absolute Gasteiger partial charge is 0.291 e. The van der Waals surface area contributed by atoms with E-state index in [-0.39, 0.29) is 11.8 Å². The fourth-order valence-corrected chi connectivity index (χ4v) is 3.57. The summed E-state index contributed by atoms with van der Waals surface area (Å²) < 4.78 is 15.8. The fourth-order valence-electron chi connectivity index (χ4n) is 3.57. The van der Waals surface area contributed by atoms with E-state index in [4.69, 9.17) is 0 Å². The zero-order valence-electron chi connectivity index (χ0n) is 14.9. The van der Waals surface area contributed by atoms with Crippen LogP contribution in [-0.4, -0.2) is 33.9 Å². The molecule has 1 fully saturated rings. The Kier molecular flexibility index (Phi) is 3.79. The van der Waals surface area contributed by atoms with Gasteiger partial charge in [-0.15, -0.1) is 0 Å². The van der Waals surface area contributed by atoms with E-state index in [1.165, 1.54) is 6.07 Å². The van der Waals surface area contributed by atoms with E-state index in [0.29, 0.717) is 24.6 Å². The molecule has 1 saturated heterocycles. The highest BCUT2D eigenvalue weighted by Gasteiger charge is 2.32. The maximum absolute atomic E-state index is 14.2. The molecule has 3 heterocycles. The second-order valence-corrected chi connectivity index (χ2v) is 6.49. The molecule has 2 aromatic heterocycles. The minimum atomic E-state index is -0.350. The molecule has 6 nitrogen and oxygen atoms in total. The average molecular weight is 373 g/mol. The van der Waals surface area contributed by atoms with E-state index in [0.717, 1.165) is 16.6 Å². The molecule has 138 valence electrons. The van der Waals surface area contributed by atoms with Gasteiger partial charge >= 0.3 is 6.03 Å². The monoisotopic (exact) mass is 373 g/mol. The number of hydrogen-bond acceptors (Lipinski definition) is 3. The van der Waals surface area contributed by atoms with Gasteiger partial charge < -0.3 is 0 Å². The maximum Gasteiger partial charge on any atom is 0.330 e. The van der Waals surface area contributed by atoms with Crippen molar-refractivity contribution in [1.29, 1.82) is 0 Å². The number of pyridine rings is 1. The highest BCUT2D eigenvalue weighted by molar-refractivity contribution is 6.10. The lowest BCUT2D eigenvalue weighted by Gasteiger charge is -2.18. The Morgan fingerprint density at radius 3 is 2.46 bits per heavy atom. The third-order valence-electron chi connectivity index (χ3n) is 4.90. The van der Waals surface area contributed by atoms with E-state index in [1.54, 1.807) is 45.1 Å². The summed E-state index contributed by atoms with van der Waals surface area (Å²) >= 11 is 0. The van der Waals surface area contributed by atoms with E-state index in [1.807, 2.05) is 36.4 Å². The molecule has 0 atom stereocenters. The molecule has 0 bridgehead atoms. The highest BCUT2D eigenvalue weighted by atomic mass is 19.1. The lowest BCUT2D eigenvalue weighted by Crippen LogP contribution is -2.32. The van der Waals surface area contributed by atoms with Gasteiger partial charge in [-0.05, 0) is 36.4 Å². The zero-order valence-corrected chi connectivity index (χ0v) is 14.9. The molecule has 0 N–H and O–H groups in total. The number of anilines is 2. The van der Waals surface area contributed by atoms with Crippen LogP contribution in [0.5, 0.6) is 0 Å². The topological polar surface area (TPSA) is 54.3 Å². The Balaban J connectivity index is 1.56. The third-order valence-corrected chi connectivity index (χ3v) is 4.90. The molecule has 1 aliphatic heterocycles. The lowest BCUT2D eigenvalue weighted by atomic mass is 10.2. The van der Waals surface area contributed by atoms with Crippen LogP contribution < -0.4 is 9.80 Å². The van der Waals surface area contributed by atoms with Crippen LogP contribution in [0.3, 0.4) is 0 Å². The molecule has 2 aromatic carbocycles. The van der Waals surface area contributed by atoms with Crippen molar-refractivity contribution in [2.45, 2.75) is 0 Å². The first kappa shape index (κ1) is 16.4. The molecule has 0 unspecified atom stereocenters. The molecular weight excluding hydrogens is 357 g/mol. The van der Waals surface area contributed by atoms with E-state index in [9.17, 15) is 9.18 Å². The number of hydrogen-bond donors (Lipinski definition) is 0. The van der Waals surface area contributed by atoms with Gasteiger partial charge in [-0.2, -0.15) is 5.10 Å². The zero-order chi connectivity index (χ0) is 19.1. The number of carbonyl (C=O) groups excluding carboxylic acids is 1. The Hall–Kier alpha value is -3.74. The summed E-state index contributed by atoms with van der Waals surface area (Å²) in [5, 5.41) is 5.17. The highest BCUT2D eigenvalue weighted by Crippen LogP contribution is 2.32. The van der Waals surface area contributed by atoms with Gasteiger partial charge in [0.25, 0.3) is 0 Å². The van der Waals surface area contributed by atoms with Crippen LogP contribution in [0, 0.1) is 5.82 Å². The van der Waals surface area contributed by atoms with Gasteiger partial charge in [0.15, 0.2) is 0 Å². The van der Waals surface area contributed by atoms with Gasteiger partial charge in [-0.3, -0.25) is 9.80 Å². The number of rotatable bonds is 3. The van der Waals surface area contributed by atoms with Crippen LogP contribution in [0.2, 0.25) is 0 Å². The predicted octanol–water partition coefficient (Wildman–Crippen LogP) is 4.01. The normalized spacial score (nSPS) is 14.2. The number of fused-ring (bicyclic) bond motifs is 1. The van der Waals surface area contributed by atoms with Crippen molar-refractivity contribution < 1.29 is 9.18 Å². The minimum absolute atomic E-state index is 0.134. The molecule has 0 saturated carbocycles. The SMILES string of the molecule is O=C1N(c2ccccn2)CCN1c1cccc2c1cnn2-c1ccccc1F. The predicted molar refractivity (Wildman–Crippen MR) is 105 cm³/mol. The van der Waals surface area contributed by atoms with Crippen molar-refractivity contribution in [3.63, 3.8) is 0 Å². The molecular formula is C21H16FN5O. The summed E-state index contributed by atoms with van der Waals surface area (Å²) in [6.45, 7) is 1.09. The third kappa shape index (κ3) is 2.51. The fraction of sp³-hybridized carbons (Fsp3) is 0.0952. The van der Waals surface area contributed by atoms with Crippen molar-refractivity contribution in [2.75, 3.05) is 22.9 Å². The molecule has 4 aromatic rings. The van der Waals surface area contributed by atoms with Gasteiger partial charge in [0, 0.05) is 24.7 Å². The largest absolute Gasteiger partial charge is 0.330 e. The van der Waals surface area contributed by atoms with Gasteiger partial charge in [-0.1, -0.05) is 24.3 Å². The standard InChI is InChI=1S/C21H16FN5O/c22-16-6-1-2-7-19(16)27-18-9-5-8-17(15(18)14-24-27)25-12-13-26(21(25)28)20-10-3-4-11-23-20/h1-11,14H,12-13H2. The van der Waals surface area contributed by atoms with Crippen molar-refractivity contribution in [3.05, 3.63) is 78.9 Å². The summed E-state index contributed by atoms with van der Waals surface area (Å²) in [5.74, 6) is 0.278. The lowest BCUT2D eigenvalue weighted by molar-refractivity contribution is 0.255. The van der Waals surface area contributed by atoms with Crippen LogP contribution in [0.4, 0.5) is 20.7 Å². The summed E-state index contributed by atoms with van der Waals surface area (Å²) in [4.78, 5) is 20.6. The first-order valence-corrected chi connectivity index (χ1v) is 8.96. The second-order valence-electron chi connectivity index (χ2n) is 6.49. The number of halogens is 1. The molecule has 28 heavy (non-hydrogen) atoms. The summed E-state index contributed by atoms with van der Waals surface area (Å²) in [5.41, 5.74) is 1.87. The number of nitrogens with zero attached hydrogens (tertiary/aromatic N) is 5. The minimum Gasteiger partial charge on any atom is -0.291 e. The Labute approximate surface area is 160 Å². The summed E-state index contributed by atoms with van der Waals surface area (Å²) in [6, 6.07) is 17.5. The van der Waals surface area contributed by atoms with Gasteiger partial charge in [0.1, 0.15) is 17.3 Å². The first-order valence-electron chi connectivity index (χ1n) is 8.96. The van der Waals surface area contributed by atoms with Crippen LogP contribution in [-0.2, 0) is 0 Å². The molecule has 0 aliphatic carbocycles. The van der Waals surface area contributed by atoms with Crippen LogP contribution in [0.1, 0.15) is 0 Å². The summed E-state index contributed by atoms with van der Waals surface area (Å²) in [6.07, 6.45) is 3.35. The van der Waals surface area contributed by atoms with Gasteiger partial charge in [0.05, 0.1) is 17.4 Å². The summed E-state index contributed by atoms with van der Waals surface area (Å²) in [7, 11) is 0. The van der Waals surface area contributed by atoms with Crippen molar-refractivity contribution in [3.8, 4) is 5.69 Å². The number of aromatic nitrogens is 3. The second kappa shape index (κ2) is 6.45. The number of carbonyl (C=O) groups is 1. The van der Waals surface area contributed by atoms with E-state index >= 15 is 0 Å². The van der Waals surface area contributed by atoms with Crippen molar-refractivity contribution in [2.24, 2.45) is 0 Å². The van der Waals surface area contributed by atoms with Crippen molar-refractivity contribution >= 4 is 28.4 Å². The first-order chi connectivity index (χ1) is 13.7. The molecule has 1 aliphatic rings. The molecule has 2 amide bonds. The van der Waals surface area contributed by atoms with Gasteiger partial charge in [0.2, 0.25) is 0 Å². The number of amides is 2. The van der Waals surface area contributed by atoms with Crippen LogP contribution in [0.15, 0.2) is 73.1 Å². The van der Waals surface area contributed by atoms with E-state index < -0.39 is 0 Å². The maximum atomic E-state index is 14.2. The quantitative estimate of drug-likeness (QED) is 0.545. The molecule has 0 radical (unpaired) electrons. The number of benzene rings is 2. The van der Waals surface area contributed by atoms with Gasteiger partial charge in [-0.25, -0.2) is 18.9 Å². The molecule has 7 heteroatoms. The average Bonchev–Trinajstić information content (AvgIpc) is 3.33. The Morgan fingerprint density at radius 1 is 0.857 bits per heavy atom. The molecule has 0 spiro atoms. The van der Waals surface area contributed by atoms with Crippen molar-refractivity contribution in [1.82, 2.24) is 14.8 Å². The Morgan fingerprint density at radius 2 is 1.64 bits per heavy atom. The van der Waals surface area contributed by atoms with E-state index in [2.05, 4.69) is 10.1 Å². The van der Waals surface area contributed by atoms with Crippen LogP contribution >= 0.6 is 0 Å². The number of para-hydroxylation sites is 1. The number of urea groups is 1. The molecule has 5 rings (SSSR count).